The lowest BCUT2D eigenvalue weighted by atomic mass is 9.88. The van der Waals surface area contributed by atoms with Crippen LogP contribution in [0.2, 0.25) is 0 Å². The Morgan fingerprint density at radius 3 is 2.49 bits per heavy atom. The number of nitrogens with one attached hydrogen (secondary N) is 2. The van der Waals surface area contributed by atoms with Gasteiger partial charge in [-0.15, -0.1) is 0 Å². The first-order valence-electron chi connectivity index (χ1n) is 14.1. The van der Waals surface area contributed by atoms with Gasteiger partial charge in [0.1, 0.15) is 6.10 Å². The summed E-state index contributed by atoms with van der Waals surface area (Å²) in [6, 6.07) is 12.3. The number of alkyl carbamates (subject to hydrolysis) is 1. The largest absolute Gasteiger partial charge is 0.444 e. The number of benzene rings is 1. The minimum Gasteiger partial charge on any atom is -0.444 e. The summed E-state index contributed by atoms with van der Waals surface area (Å²) in [6.07, 6.45) is 3.28. The van der Waals surface area contributed by atoms with Crippen molar-refractivity contribution in [1.29, 1.82) is 0 Å². The molecule has 0 radical (unpaired) electrons. The fraction of sp³-hybridized carbons (Fsp3) is 0.533. The summed E-state index contributed by atoms with van der Waals surface area (Å²) in [5.41, 5.74) is 3.06. The molecule has 1 aliphatic rings. The lowest BCUT2D eigenvalue weighted by molar-refractivity contribution is 0.00839. The van der Waals surface area contributed by atoms with Gasteiger partial charge >= 0.3 is 6.09 Å². The molecule has 0 spiro atoms. The van der Waals surface area contributed by atoms with Crippen molar-refractivity contribution in [3.8, 4) is 0 Å². The Hall–Kier alpha value is -3.15. The van der Waals surface area contributed by atoms with E-state index in [9.17, 15) is 18.3 Å². The van der Waals surface area contributed by atoms with Crippen LogP contribution in [0.1, 0.15) is 58.1 Å². The van der Waals surface area contributed by atoms with Gasteiger partial charge in [-0.3, -0.25) is 0 Å². The molecule has 1 aromatic heterocycles. The van der Waals surface area contributed by atoms with Gasteiger partial charge in [-0.2, -0.15) is 0 Å². The number of aromatic nitrogens is 1. The molecule has 0 bridgehead atoms. The third-order valence-corrected chi connectivity index (χ3v) is 8.44. The van der Waals surface area contributed by atoms with E-state index in [-0.39, 0.29) is 17.0 Å². The maximum atomic E-state index is 13.1. The van der Waals surface area contributed by atoms with E-state index in [1.54, 1.807) is 12.1 Å². The normalized spacial score (nSPS) is 16.2. The predicted octanol–water partition coefficient (Wildman–Crippen LogP) is 3.93. The molecule has 3 rings (SSSR count). The zero-order chi connectivity index (χ0) is 30.2. The maximum absolute atomic E-state index is 13.1. The average Bonchev–Trinajstić information content (AvgIpc) is 3.29. The minimum absolute atomic E-state index is 0.134. The van der Waals surface area contributed by atoms with Gasteiger partial charge in [0.15, 0.2) is 5.03 Å². The Morgan fingerprint density at radius 2 is 1.88 bits per heavy atom. The average molecular weight is 588 g/mol. The molecule has 0 saturated carbocycles. The Bertz CT molecular complexity index is 1260. The van der Waals surface area contributed by atoms with Crippen molar-refractivity contribution in [1.82, 2.24) is 24.8 Å². The number of unbranched alkanes of at least 4 members (excludes halogenated alkanes) is 1. The summed E-state index contributed by atoms with van der Waals surface area (Å²) in [5, 5.41) is 13.5. The number of hydrogen-bond donors (Lipinski definition) is 3. The molecule has 2 aromatic rings. The van der Waals surface area contributed by atoms with Gasteiger partial charge in [-0.05, 0) is 31.0 Å². The van der Waals surface area contributed by atoms with Gasteiger partial charge in [0.25, 0.3) is 10.0 Å². The number of aliphatic hydroxyl groups is 1. The number of pyridine rings is 1. The molecule has 1 amide bonds. The summed E-state index contributed by atoms with van der Waals surface area (Å²) in [7, 11) is -1.87. The van der Waals surface area contributed by atoms with E-state index in [1.165, 1.54) is 17.8 Å². The maximum Gasteiger partial charge on any atom is 0.407 e. The summed E-state index contributed by atoms with van der Waals surface area (Å²) in [4.78, 5) is 21.3. The minimum atomic E-state index is -3.90. The van der Waals surface area contributed by atoms with Crippen LogP contribution in [0.15, 0.2) is 59.9 Å². The van der Waals surface area contributed by atoms with Crippen LogP contribution in [-0.2, 0) is 14.8 Å². The van der Waals surface area contributed by atoms with E-state index < -0.39 is 34.4 Å². The molecule has 0 saturated heterocycles. The van der Waals surface area contributed by atoms with Gasteiger partial charge in [0.2, 0.25) is 0 Å². The first kappa shape index (κ1) is 32.4. The molecule has 10 nitrogen and oxygen atoms in total. The first-order chi connectivity index (χ1) is 19.3. The van der Waals surface area contributed by atoms with E-state index in [1.807, 2.05) is 34.7 Å². The van der Waals surface area contributed by atoms with Crippen molar-refractivity contribution in [2.24, 2.45) is 5.41 Å². The molecule has 0 fully saturated rings. The molecule has 3 atom stereocenters. The van der Waals surface area contributed by atoms with Crippen molar-refractivity contribution in [3.63, 3.8) is 0 Å². The number of ether oxygens (including phenoxy) is 1. The number of sulfonamides is 1. The number of carbonyl (C=O) groups excluding carboxylic acids is 1. The van der Waals surface area contributed by atoms with E-state index in [2.05, 4.69) is 62.2 Å². The van der Waals surface area contributed by atoms with Crippen LogP contribution in [0.3, 0.4) is 0 Å². The van der Waals surface area contributed by atoms with Crippen molar-refractivity contribution in [2.45, 2.75) is 77.2 Å². The summed E-state index contributed by atoms with van der Waals surface area (Å²) < 4.78 is 33.5. The summed E-state index contributed by atoms with van der Waals surface area (Å²) >= 11 is 0. The molecular formula is C30H45N5O5S. The Balaban J connectivity index is 1.65. The van der Waals surface area contributed by atoms with E-state index in [0.717, 1.165) is 24.1 Å². The number of hydrogen-bond acceptors (Lipinski definition) is 8. The van der Waals surface area contributed by atoms with Crippen molar-refractivity contribution in [3.05, 3.63) is 66.0 Å². The van der Waals surface area contributed by atoms with E-state index >= 15 is 0 Å². The Labute approximate surface area is 244 Å². The third-order valence-electron chi connectivity index (χ3n) is 7.10. The monoisotopic (exact) mass is 587 g/mol. The lowest BCUT2D eigenvalue weighted by Crippen LogP contribution is -2.50. The molecule has 0 unspecified atom stereocenters. The van der Waals surface area contributed by atoms with Gasteiger partial charge in [0.05, 0.1) is 31.1 Å². The van der Waals surface area contributed by atoms with E-state index in [4.69, 9.17) is 4.74 Å². The van der Waals surface area contributed by atoms with Crippen LogP contribution in [0.5, 0.6) is 0 Å². The number of amides is 1. The van der Waals surface area contributed by atoms with Crippen LogP contribution in [0.25, 0.3) is 5.70 Å². The zero-order valence-corrected chi connectivity index (χ0v) is 25.8. The number of aryl methyl sites for hydroxylation is 1. The highest BCUT2D eigenvalue weighted by Gasteiger charge is 2.33. The fourth-order valence-electron chi connectivity index (χ4n) is 4.51. The molecule has 226 valence electrons. The first-order valence-corrected chi connectivity index (χ1v) is 15.6. The number of aliphatic hydroxyl groups excluding tert-OH is 1. The zero-order valence-electron chi connectivity index (χ0n) is 25.0. The molecular weight excluding hydrogens is 542 g/mol. The van der Waals surface area contributed by atoms with Crippen LogP contribution in [0.4, 0.5) is 4.79 Å². The summed E-state index contributed by atoms with van der Waals surface area (Å²) in [6.45, 7) is 11.0. The molecule has 1 aromatic carbocycles. The van der Waals surface area contributed by atoms with Crippen LogP contribution in [-0.4, -0.2) is 79.5 Å². The second-order valence-electron chi connectivity index (χ2n) is 11.7. The van der Waals surface area contributed by atoms with E-state index in [0.29, 0.717) is 19.6 Å². The topological polar surface area (TPSA) is 124 Å². The quantitative estimate of drug-likeness (QED) is 0.322. The lowest BCUT2D eigenvalue weighted by Gasteiger charge is -2.34. The molecule has 0 aliphatic carbocycles. The van der Waals surface area contributed by atoms with Gasteiger partial charge in [-0.1, -0.05) is 76.4 Å². The SMILES string of the molecule is CCCC[C@H](NC(=O)O[C@H](CN1C=C(c2ccc(C)cc2)N(C)C1)C(C)(C)C)[C@@H](O)CNS(=O)(=O)c1ccccn1. The van der Waals surface area contributed by atoms with Gasteiger partial charge in [-0.25, -0.2) is 22.9 Å². The van der Waals surface area contributed by atoms with Crippen LogP contribution >= 0.6 is 0 Å². The predicted molar refractivity (Wildman–Crippen MR) is 160 cm³/mol. The van der Waals surface area contributed by atoms with Crippen LogP contribution in [0, 0.1) is 12.3 Å². The number of nitrogens with zero attached hydrogens (tertiary/aromatic N) is 3. The van der Waals surface area contributed by atoms with Gasteiger partial charge < -0.3 is 25.0 Å². The smallest absolute Gasteiger partial charge is 0.407 e. The highest BCUT2D eigenvalue weighted by Crippen LogP contribution is 2.29. The number of carbonyl (C=O) groups is 1. The second-order valence-corrected chi connectivity index (χ2v) is 13.4. The molecule has 2 heterocycles. The molecule has 41 heavy (non-hydrogen) atoms. The third kappa shape index (κ3) is 9.44. The van der Waals surface area contributed by atoms with Crippen molar-refractivity contribution in [2.75, 3.05) is 26.8 Å². The van der Waals surface area contributed by atoms with Crippen LogP contribution < -0.4 is 10.0 Å². The highest BCUT2D eigenvalue weighted by molar-refractivity contribution is 7.89. The van der Waals surface area contributed by atoms with Crippen molar-refractivity contribution >= 4 is 21.8 Å². The Morgan fingerprint density at radius 1 is 1.17 bits per heavy atom. The highest BCUT2D eigenvalue weighted by atomic mass is 32.2. The standard InChI is InChI=1S/C30H45N5O5S/c1-7-8-11-24(26(36)18-32-41(38,39)28-12-9-10-17-31-28)33-29(37)40-27(30(3,4)5)20-35-19-25(34(6)21-35)23-15-13-22(2)14-16-23/h9-10,12-17,19,24,26-27,32,36H,7-8,11,18,20-21H2,1-6H3,(H,33,37)/t24-,26-,27+/m0/s1. The molecule has 11 heteroatoms. The number of rotatable bonds is 13. The Kier molecular flexibility index (Phi) is 11.2. The van der Waals surface area contributed by atoms with Crippen molar-refractivity contribution < 1.29 is 23.1 Å². The van der Waals surface area contributed by atoms with Gasteiger partial charge in [0, 0.05) is 31.4 Å². The molecule has 3 N–H and O–H groups in total. The summed E-state index contributed by atoms with van der Waals surface area (Å²) in [5.74, 6) is 0. The molecule has 1 aliphatic heterocycles. The fourth-order valence-corrected chi connectivity index (χ4v) is 5.50. The second kappa shape index (κ2) is 14.2.